The van der Waals surface area contributed by atoms with Crippen LogP contribution in [0.5, 0.6) is 11.5 Å². The van der Waals surface area contributed by atoms with Gasteiger partial charge in [-0.25, -0.2) is 0 Å². The topological polar surface area (TPSA) is 114 Å². The summed E-state index contributed by atoms with van der Waals surface area (Å²) in [5, 5.41) is 0. The van der Waals surface area contributed by atoms with Crippen LogP contribution in [-0.2, 0) is 29.5 Å². The number of ether oxygens (including phenoxy) is 3. The monoisotopic (exact) mass is 408 g/mol. The van der Waals surface area contributed by atoms with E-state index in [0.717, 1.165) is 0 Å². The minimum absolute atomic E-state index is 0.0840. The molecule has 0 radical (unpaired) electrons. The molecule has 2 aromatic rings. The second-order valence-electron chi connectivity index (χ2n) is 5.53. The lowest BCUT2D eigenvalue weighted by Crippen LogP contribution is -2.16. The molecule has 0 aromatic heterocycles. The van der Waals surface area contributed by atoms with Crippen LogP contribution in [0.2, 0.25) is 0 Å². The van der Waals surface area contributed by atoms with Gasteiger partial charge >= 0.3 is 10.1 Å². The molecule has 0 saturated carbocycles. The maximum Gasteiger partial charge on any atom is 0.313 e. The first-order valence-corrected chi connectivity index (χ1v) is 9.34. The molecule has 28 heavy (non-hydrogen) atoms. The Kier molecular flexibility index (Phi) is 4.41. The van der Waals surface area contributed by atoms with Crippen molar-refractivity contribution in [2.45, 2.75) is 11.8 Å². The van der Waals surface area contributed by atoms with Gasteiger partial charge in [0.2, 0.25) is 17.4 Å². The zero-order valence-corrected chi connectivity index (χ0v) is 15.8. The van der Waals surface area contributed by atoms with Gasteiger partial charge in [-0.3, -0.25) is 4.79 Å². The van der Waals surface area contributed by atoms with E-state index >= 15 is 0 Å². The van der Waals surface area contributed by atoms with E-state index in [-0.39, 0.29) is 22.6 Å². The zero-order valence-electron chi connectivity index (χ0n) is 18.0. The zero-order chi connectivity index (χ0) is 23.0. The molecular weight excluding hydrogens is 386 g/mol. The predicted octanol–water partition coefficient (Wildman–Crippen LogP) is 2.02. The van der Waals surface area contributed by atoms with Crippen molar-refractivity contribution in [2.24, 2.45) is 5.73 Å². The average Bonchev–Trinajstić information content (AvgIpc) is 2.97. The van der Waals surface area contributed by atoms with Crippen molar-refractivity contribution < 1.29 is 35.7 Å². The fourth-order valence-electron chi connectivity index (χ4n) is 2.45. The van der Waals surface area contributed by atoms with Gasteiger partial charge in [0.1, 0.15) is 17.2 Å². The second-order valence-corrected chi connectivity index (χ2v) is 6.80. The van der Waals surface area contributed by atoms with Crippen LogP contribution in [0.15, 0.2) is 60.2 Å². The summed E-state index contributed by atoms with van der Waals surface area (Å²) < 4.78 is 70.1. The minimum atomic E-state index is -5.07. The van der Waals surface area contributed by atoms with Gasteiger partial charge < -0.3 is 24.1 Å². The summed E-state index contributed by atoms with van der Waals surface area (Å²) in [6.45, 7) is 0. The Morgan fingerprint density at radius 2 is 1.89 bits per heavy atom. The van der Waals surface area contributed by atoms with Gasteiger partial charge in [0.05, 0.1) is 18.3 Å². The highest BCUT2D eigenvalue weighted by atomic mass is 32.2. The first kappa shape index (κ1) is 15.8. The van der Waals surface area contributed by atoms with E-state index in [4.69, 9.17) is 28.2 Å². The van der Waals surface area contributed by atoms with Gasteiger partial charge in [-0.05, 0) is 23.8 Å². The highest BCUT2D eigenvalue weighted by Crippen LogP contribution is 2.38. The maximum absolute atomic E-state index is 13.0. The number of hydrogen-bond acceptors (Lipinski definition) is 8. The summed E-state index contributed by atoms with van der Waals surface area (Å²) in [6.07, 6.45) is -2.53. The molecule has 0 unspecified atom stereocenters. The average molecular weight is 408 g/mol. The van der Waals surface area contributed by atoms with Crippen LogP contribution in [0.4, 0.5) is 0 Å². The van der Waals surface area contributed by atoms with Crippen LogP contribution >= 0.6 is 0 Å². The highest BCUT2D eigenvalue weighted by molar-refractivity contribution is 7.86. The highest BCUT2D eigenvalue weighted by Gasteiger charge is 2.41. The molecule has 1 aliphatic rings. The molecule has 3 rings (SSSR count). The third-order valence-electron chi connectivity index (χ3n) is 3.71. The number of benzene rings is 2. The number of methoxy groups -OCH3 is 2. The van der Waals surface area contributed by atoms with Crippen molar-refractivity contribution in [3.63, 3.8) is 0 Å². The van der Waals surface area contributed by atoms with Crippen molar-refractivity contribution in [1.29, 1.82) is 0 Å². The normalized spacial score (nSPS) is 21.4. The molecule has 0 fully saturated rings. The molecule has 8 nitrogen and oxygen atoms in total. The summed E-state index contributed by atoms with van der Waals surface area (Å²) in [5.74, 6) is -2.67. The minimum Gasteiger partial charge on any atom is -0.497 e. The van der Waals surface area contributed by atoms with E-state index in [1.807, 2.05) is 0 Å². The van der Waals surface area contributed by atoms with Crippen LogP contribution in [0.3, 0.4) is 0 Å². The smallest absolute Gasteiger partial charge is 0.313 e. The summed E-state index contributed by atoms with van der Waals surface area (Å²) in [6, 6.07) is 11.2. The third-order valence-corrected chi connectivity index (χ3v) is 4.58. The van der Waals surface area contributed by atoms with E-state index in [9.17, 15) is 13.2 Å². The number of nitrogens with two attached hydrogens (primary N) is 1. The van der Waals surface area contributed by atoms with Crippen LogP contribution in [0, 0.1) is 0 Å². The molecule has 0 bridgehead atoms. The van der Waals surface area contributed by atoms with Gasteiger partial charge in [0.15, 0.2) is 6.08 Å². The Morgan fingerprint density at radius 3 is 2.54 bits per heavy atom. The molecule has 2 N–H and O–H groups in total. The lowest BCUT2D eigenvalue weighted by molar-refractivity contribution is -0.123. The molecule has 1 heterocycles. The van der Waals surface area contributed by atoms with Gasteiger partial charge in [0, 0.05) is 5.56 Å². The first-order valence-electron chi connectivity index (χ1n) is 9.43. The second kappa shape index (κ2) is 7.81. The molecule has 148 valence electrons. The maximum atomic E-state index is 13.0. The lowest BCUT2D eigenvalue weighted by atomic mass is 10.0. The van der Waals surface area contributed by atoms with Crippen molar-refractivity contribution in [1.82, 2.24) is 0 Å². The number of ketones is 1. The number of rotatable bonds is 7. The molecular formula is C19H19NO7S. The quantitative estimate of drug-likeness (QED) is 0.692. The largest absolute Gasteiger partial charge is 0.497 e. The van der Waals surface area contributed by atoms with Crippen molar-refractivity contribution in [2.75, 3.05) is 14.2 Å². The van der Waals surface area contributed by atoms with Crippen molar-refractivity contribution in [3.8, 4) is 11.5 Å². The SMILES string of the molecule is [2H]C([2H])(c1ccccc1)S(=O)(=O)OC1=C(N)O[C@@]([2H])(c2cc(OC)ccc2OC)C1=O. The summed E-state index contributed by atoms with van der Waals surface area (Å²) in [7, 11) is -2.39. The van der Waals surface area contributed by atoms with E-state index < -0.39 is 39.3 Å². The Labute approximate surface area is 166 Å². The Balaban J connectivity index is 1.99. The Hall–Kier alpha value is -3.20. The Bertz CT molecular complexity index is 1150. The molecule has 0 amide bonds. The molecule has 0 saturated heterocycles. The van der Waals surface area contributed by atoms with Gasteiger partial charge in [-0.2, -0.15) is 8.42 Å². The summed E-state index contributed by atoms with van der Waals surface area (Å²) in [4.78, 5) is 13.0. The third kappa shape index (κ3) is 4.04. The molecule has 1 atom stereocenters. The van der Waals surface area contributed by atoms with Crippen LogP contribution < -0.4 is 15.2 Å². The van der Waals surface area contributed by atoms with E-state index in [0.29, 0.717) is 0 Å². The summed E-state index contributed by atoms with van der Waals surface area (Å²) in [5.41, 5.74) is 2.33. The standard InChI is InChI=1S/C19H19NO7S/c1-24-13-8-9-15(25-2)14(10-13)17-16(21)18(19(20)26-17)27-28(22,23)11-12-6-4-3-5-7-12/h3-10,17H,11,20H2,1-2H3/t17-/m0/s1/i11D2,17D. The fourth-order valence-corrected chi connectivity index (χ4v) is 3.29. The fraction of sp³-hybridized carbons (Fsp3) is 0.211. The van der Waals surface area contributed by atoms with Gasteiger partial charge in [-0.1, -0.05) is 30.3 Å². The van der Waals surface area contributed by atoms with E-state index in [1.54, 1.807) is 6.07 Å². The molecule has 0 aliphatic carbocycles. The number of carbonyl (C=O) groups excluding carboxylic acids is 1. The lowest BCUT2D eigenvalue weighted by Gasteiger charge is -2.15. The predicted molar refractivity (Wildman–Crippen MR) is 99.7 cm³/mol. The number of carbonyl (C=O) groups is 1. The van der Waals surface area contributed by atoms with Crippen molar-refractivity contribution >= 4 is 15.9 Å². The van der Waals surface area contributed by atoms with Crippen LogP contribution in [0.1, 0.15) is 21.3 Å². The summed E-state index contributed by atoms with van der Waals surface area (Å²) >= 11 is 0. The van der Waals surface area contributed by atoms with Gasteiger partial charge in [0.25, 0.3) is 0 Å². The number of hydrogen-bond donors (Lipinski definition) is 1. The van der Waals surface area contributed by atoms with E-state index in [2.05, 4.69) is 0 Å². The molecule has 1 aliphatic heterocycles. The van der Waals surface area contributed by atoms with Crippen LogP contribution in [-0.4, -0.2) is 28.4 Å². The Morgan fingerprint density at radius 1 is 1.18 bits per heavy atom. The van der Waals surface area contributed by atoms with Crippen LogP contribution in [0.25, 0.3) is 0 Å². The molecule has 9 heteroatoms. The van der Waals surface area contributed by atoms with E-state index in [1.165, 1.54) is 56.7 Å². The van der Waals surface area contributed by atoms with Crippen molar-refractivity contribution in [3.05, 3.63) is 71.3 Å². The molecule has 2 aromatic carbocycles. The van der Waals surface area contributed by atoms with Gasteiger partial charge in [-0.15, -0.1) is 0 Å². The molecule has 0 spiro atoms. The number of Topliss-reactive ketones (excluding diaryl/α,β-unsaturated/α-hetero) is 1. The first-order chi connectivity index (χ1) is 14.5.